The van der Waals surface area contributed by atoms with Gasteiger partial charge in [-0.25, -0.2) is 0 Å². The van der Waals surface area contributed by atoms with Crippen molar-refractivity contribution in [3.05, 3.63) is 0 Å². The molecule has 3 heterocycles. The van der Waals surface area contributed by atoms with E-state index >= 15 is 0 Å². The van der Waals surface area contributed by atoms with E-state index in [9.17, 15) is 9.59 Å². The van der Waals surface area contributed by atoms with Gasteiger partial charge in [-0.3, -0.25) is 14.5 Å². The molecule has 0 unspecified atom stereocenters. The second-order valence-electron chi connectivity index (χ2n) is 7.06. The summed E-state index contributed by atoms with van der Waals surface area (Å²) in [7, 11) is 0. The van der Waals surface area contributed by atoms with E-state index in [1.54, 1.807) is 6.92 Å². The first-order valence-corrected chi connectivity index (χ1v) is 9.03. The van der Waals surface area contributed by atoms with Crippen LogP contribution in [0.4, 0.5) is 0 Å². The molecule has 6 nitrogen and oxygen atoms in total. The first kappa shape index (κ1) is 16.7. The van der Waals surface area contributed by atoms with Crippen LogP contribution in [0.1, 0.15) is 45.4 Å². The summed E-state index contributed by atoms with van der Waals surface area (Å²) in [6.07, 6.45) is 6.20. The van der Waals surface area contributed by atoms with Crippen molar-refractivity contribution >= 4 is 11.8 Å². The molecule has 3 aliphatic rings. The average molecular weight is 323 g/mol. The zero-order valence-corrected chi connectivity index (χ0v) is 14.1. The summed E-state index contributed by atoms with van der Waals surface area (Å²) in [5.41, 5.74) is 0. The van der Waals surface area contributed by atoms with Crippen LogP contribution in [0.2, 0.25) is 0 Å². The molecule has 3 saturated heterocycles. The predicted octanol–water partition coefficient (Wildman–Crippen LogP) is 0.757. The Hall–Kier alpha value is -1.14. The third-order valence-electron chi connectivity index (χ3n) is 5.50. The highest BCUT2D eigenvalue weighted by molar-refractivity contribution is 5.78. The lowest BCUT2D eigenvalue weighted by atomic mass is 10.0. The Morgan fingerprint density at radius 3 is 2.48 bits per heavy atom. The fourth-order valence-electron chi connectivity index (χ4n) is 4.37. The van der Waals surface area contributed by atoms with Gasteiger partial charge in [0.05, 0.1) is 6.54 Å². The summed E-state index contributed by atoms with van der Waals surface area (Å²) in [5.74, 6) is 0.294. The van der Waals surface area contributed by atoms with Gasteiger partial charge in [-0.2, -0.15) is 0 Å². The predicted molar refractivity (Wildman–Crippen MR) is 87.0 cm³/mol. The van der Waals surface area contributed by atoms with Crippen molar-refractivity contribution in [1.82, 2.24) is 15.1 Å². The van der Waals surface area contributed by atoms with Crippen LogP contribution < -0.4 is 5.32 Å². The van der Waals surface area contributed by atoms with Crippen molar-refractivity contribution in [3.63, 3.8) is 0 Å². The van der Waals surface area contributed by atoms with Crippen molar-refractivity contribution in [2.24, 2.45) is 0 Å². The molecule has 1 N–H and O–H groups in total. The van der Waals surface area contributed by atoms with E-state index in [1.807, 2.05) is 4.90 Å². The summed E-state index contributed by atoms with van der Waals surface area (Å²) in [6.45, 7) is 5.45. The van der Waals surface area contributed by atoms with Gasteiger partial charge in [-0.05, 0) is 45.1 Å². The topological polar surface area (TPSA) is 61.9 Å². The molecule has 3 fully saturated rings. The number of nitrogens with one attached hydrogen (secondary N) is 1. The molecule has 2 amide bonds. The number of hydrogen-bond acceptors (Lipinski definition) is 4. The summed E-state index contributed by atoms with van der Waals surface area (Å²) in [4.78, 5) is 28.5. The van der Waals surface area contributed by atoms with E-state index in [1.165, 1.54) is 0 Å². The molecule has 2 atom stereocenters. The van der Waals surface area contributed by atoms with Gasteiger partial charge >= 0.3 is 0 Å². The van der Waals surface area contributed by atoms with Gasteiger partial charge < -0.3 is 15.0 Å². The third-order valence-corrected chi connectivity index (χ3v) is 5.50. The highest BCUT2D eigenvalue weighted by Crippen LogP contribution is 2.29. The molecule has 3 aliphatic heterocycles. The number of amides is 2. The maximum atomic E-state index is 12.4. The molecular weight excluding hydrogens is 294 g/mol. The lowest BCUT2D eigenvalue weighted by Crippen LogP contribution is -2.51. The minimum Gasteiger partial charge on any atom is -0.381 e. The second kappa shape index (κ2) is 7.62. The molecule has 0 aromatic carbocycles. The molecule has 0 aromatic heterocycles. The van der Waals surface area contributed by atoms with E-state index in [4.69, 9.17) is 4.74 Å². The Labute approximate surface area is 138 Å². The molecule has 0 radical (unpaired) electrons. The van der Waals surface area contributed by atoms with Gasteiger partial charge in [0, 0.05) is 44.8 Å². The molecule has 3 rings (SSSR count). The summed E-state index contributed by atoms with van der Waals surface area (Å²) >= 11 is 0. The summed E-state index contributed by atoms with van der Waals surface area (Å²) < 4.78 is 5.33. The molecule has 0 aromatic rings. The number of ether oxygens (including phenoxy) is 1. The van der Waals surface area contributed by atoms with E-state index in [0.29, 0.717) is 18.6 Å². The van der Waals surface area contributed by atoms with Crippen LogP contribution >= 0.6 is 0 Å². The molecular formula is C17H29N3O3. The van der Waals surface area contributed by atoms with Gasteiger partial charge in [-0.15, -0.1) is 0 Å². The standard InChI is InChI=1S/C17H29N3O3/c1-13(21)20-9-3-5-16(20)15-4-2-8-19(15)12-17(22)18-14-6-10-23-11-7-14/h14-16H,2-12H2,1H3,(H,18,22)/t15-,16-/m1/s1. The summed E-state index contributed by atoms with van der Waals surface area (Å²) in [5, 5.41) is 3.15. The minimum absolute atomic E-state index is 0.121. The number of rotatable bonds is 4. The average Bonchev–Trinajstić information content (AvgIpc) is 3.16. The largest absolute Gasteiger partial charge is 0.381 e. The van der Waals surface area contributed by atoms with Crippen molar-refractivity contribution in [2.75, 3.05) is 32.8 Å². The smallest absolute Gasteiger partial charge is 0.234 e. The Balaban J connectivity index is 1.54. The SMILES string of the molecule is CC(=O)N1CCC[C@@H]1[C@H]1CCCN1CC(=O)NC1CCOCC1. The number of carbonyl (C=O) groups excluding carboxylic acids is 2. The number of carbonyl (C=O) groups is 2. The zero-order valence-electron chi connectivity index (χ0n) is 14.1. The van der Waals surface area contributed by atoms with E-state index < -0.39 is 0 Å². The van der Waals surface area contributed by atoms with Gasteiger partial charge in [0.1, 0.15) is 0 Å². The molecule has 0 saturated carbocycles. The van der Waals surface area contributed by atoms with Gasteiger partial charge in [0.2, 0.25) is 11.8 Å². The fraction of sp³-hybridized carbons (Fsp3) is 0.882. The van der Waals surface area contributed by atoms with Crippen LogP contribution in [0.25, 0.3) is 0 Å². The lowest BCUT2D eigenvalue weighted by molar-refractivity contribution is -0.130. The maximum Gasteiger partial charge on any atom is 0.234 e. The monoisotopic (exact) mass is 323 g/mol. The van der Waals surface area contributed by atoms with Gasteiger partial charge in [0.25, 0.3) is 0 Å². The Kier molecular flexibility index (Phi) is 5.54. The number of nitrogens with zero attached hydrogens (tertiary/aromatic N) is 2. The van der Waals surface area contributed by atoms with E-state index in [-0.39, 0.29) is 17.9 Å². The first-order valence-electron chi connectivity index (χ1n) is 9.03. The minimum atomic E-state index is 0.121. The first-order chi connectivity index (χ1) is 11.1. The maximum absolute atomic E-state index is 12.4. The van der Waals surface area contributed by atoms with Crippen LogP contribution in [0.3, 0.4) is 0 Å². The quantitative estimate of drug-likeness (QED) is 0.830. The number of hydrogen-bond donors (Lipinski definition) is 1. The third kappa shape index (κ3) is 4.04. The van der Waals surface area contributed by atoms with Crippen LogP contribution in [-0.4, -0.2) is 72.6 Å². The Morgan fingerprint density at radius 2 is 1.74 bits per heavy atom. The van der Waals surface area contributed by atoms with Crippen molar-refractivity contribution in [1.29, 1.82) is 0 Å². The highest BCUT2D eigenvalue weighted by atomic mass is 16.5. The fourth-order valence-corrected chi connectivity index (χ4v) is 4.37. The second-order valence-corrected chi connectivity index (χ2v) is 7.06. The molecule has 130 valence electrons. The summed E-state index contributed by atoms with van der Waals surface area (Å²) in [6, 6.07) is 0.908. The molecule has 0 bridgehead atoms. The highest BCUT2D eigenvalue weighted by Gasteiger charge is 2.39. The normalized spacial score (nSPS) is 29.9. The molecule has 0 spiro atoms. The zero-order chi connectivity index (χ0) is 16.2. The van der Waals surface area contributed by atoms with E-state index in [0.717, 1.165) is 64.8 Å². The van der Waals surface area contributed by atoms with Crippen LogP contribution in [-0.2, 0) is 14.3 Å². The number of likely N-dealkylation sites (tertiary alicyclic amines) is 2. The molecule has 0 aliphatic carbocycles. The molecule has 6 heteroatoms. The van der Waals surface area contributed by atoms with E-state index in [2.05, 4.69) is 10.2 Å². The van der Waals surface area contributed by atoms with Crippen molar-refractivity contribution < 1.29 is 14.3 Å². The Bertz CT molecular complexity index is 437. The lowest BCUT2D eigenvalue weighted by Gasteiger charge is -2.34. The van der Waals surface area contributed by atoms with Crippen LogP contribution in [0.5, 0.6) is 0 Å². The van der Waals surface area contributed by atoms with Gasteiger partial charge in [0.15, 0.2) is 0 Å². The van der Waals surface area contributed by atoms with Gasteiger partial charge in [-0.1, -0.05) is 0 Å². The van der Waals surface area contributed by atoms with Crippen LogP contribution in [0.15, 0.2) is 0 Å². The van der Waals surface area contributed by atoms with Crippen LogP contribution in [0, 0.1) is 0 Å². The van der Waals surface area contributed by atoms with Crippen molar-refractivity contribution in [3.8, 4) is 0 Å². The molecule has 23 heavy (non-hydrogen) atoms. The van der Waals surface area contributed by atoms with Crippen molar-refractivity contribution in [2.45, 2.75) is 63.6 Å². The Morgan fingerprint density at radius 1 is 1.04 bits per heavy atom.